The lowest BCUT2D eigenvalue weighted by molar-refractivity contribution is 0.189. The van der Waals surface area contributed by atoms with E-state index in [1.807, 2.05) is 6.92 Å². The number of aromatic nitrogens is 2. The lowest BCUT2D eigenvalue weighted by Crippen LogP contribution is -2.52. The predicted molar refractivity (Wildman–Crippen MR) is 117 cm³/mol. The van der Waals surface area contributed by atoms with Crippen molar-refractivity contribution in [2.75, 3.05) is 34.9 Å². The molecule has 0 aliphatic carbocycles. The molecule has 9 heteroatoms. The minimum atomic E-state index is -3.88. The molecule has 29 heavy (non-hydrogen) atoms. The highest BCUT2D eigenvalue weighted by Crippen LogP contribution is 2.26. The first kappa shape index (κ1) is 21.8. The predicted octanol–water partition coefficient (Wildman–Crippen LogP) is 3.31. The number of sulfonamides is 1. The molecule has 1 saturated heterocycles. The number of aryl methyl sites for hydroxylation is 1. The molecule has 0 bridgehead atoms. The van der Waals surface area contributed by atoms with Gasteiger partial charge in [0, 0.05) is 37.5 Å². The normalized spacial score (nSPS) is 18.1. The van der Waals surface area contributed by atoms with Crippen molar-refractivity contribution < 1.29 is 8.42 Å². The van der Waals surface area contributed by atoms with E-state index in [1.54, 1.807) is 24.3 Å². The molecule has 7 nitrogen and oxygen atoms in total. The minimum absolute atomic E-state index is 0.134. The van der Waals surface area contributed by atoms with E-state index in [-0.39, 0.29) is 10.6 Å². The van der Waals surface area contributed by atoms with Crippen molar-refractivity contribution >= 4 is 33.4 Å². The molecule has 2 aromatic rings. The Hall–Kier alpha value is -1.90. The van der Waals surface area contributed by atoms with Crippen LogP contribution in [0.4, 0.5) is 11.6 Å². The summed E-state index contributed by atoms with van der Waals surface area (Å²) in [5.74, 6) is 0.589. The SMILES string of the molecule is CCCN1CCN(c2ncc(N(Cl)S(=O)(=O)c3ccc(CC)cc3)cn2)C[C@@H]1C. The van der Waals surface area contributed by atoms with E-state index in [1.165, 1.54) is 12.4 Å². The quantitative estimate of drug-likeness (QED) is 0.619. The first-order valence-corrected chi connectivity index (χ1v) is 11.8. The number of benzene rings is 1. The molecule has 3 rings (SSSR count). The third-order valence-corrected chi connectivity index (χ3v) is 7.47. The van der Waals surface area contributed by atoms with Crippen LogP contribution in [0.25, 0.3) is 0 Å². The van der Waals surface area contributed by atoms with Gasteiger partial charge in [0.2, 0.25) is 5.95 Å². The first-order chi connectivity index (χ1) is 13.9. The van der Waals surface area contributed by atoms with Gasteiger partial charge in [0.1, 0.15) is 5.69 Å². The van der Waals surface area contributed by atoms with Gasteiger partial charge in [-0.3, -0.25) is 4.90 Å². The maximum absolute atomic E-state index is 12.8. The Morgan fingerprint density at radius 3 is 2.34 bits per heavy atom. The molecule has 0 amide bonds. The van der Waals surface area contributed by atoms with Crippen molar-refractivity contribution in [3.63, 3.8) is 0 Å². The Bertz CT molecular complexity index is 905. The van der Waals surface area contributed by atoms with Gasteiger partial charge in [-0.15, -0.1) is 0 Å². The second kappa shape index (κ2) is 9.28. The number of hydrogen-bond donors (Lipinski definition) is 0. The molecule has 0 saturated carbocycles. The van der Waals surface area contributed by atoms with Crippen LogP contribution < -0.4 is 8.72 Å². The molecule has 0 spiro atoms. The number of anilines is 2. The van der Waals surface area contributed by atoms with E-state index < -0.39 is 10.0 Å². The summed E-state index contributed by atoms with van der Waals surface area (Å²) >= 11 is 6.17. The zero-order valence-electron chi connectivity index (χ0n) is 17.1. The summed E-state index contributed by atoms with van der Waals surface area (Å²) in [4.78, 5) is 13.5. The molecular formula is C20H28ClN5O2S. The molecule has 158 valence electrons. The van der Waals surface area contributed by atoms with E-state index in [0.29, 0.717) is 15.8 Å². The summed E-state index contributed by atoms with van der Waals surface area (Å²) < 4.78 is 26.3. The van der Waals surface area contributed by atoms with Gasteiger partial charge < -0.3 is 4.90 Å². The van der Waals surface area contributed by atoms with E-state index >= 15 is 0 Å². The molecule has 1 aromatic carbocycles. The number of halogens is 1. The van der Waals surface area contributed by atoms with Gasteiger partial charge in [-0.25, -0.2) is 9.97 Å². The molecule has 1 fully saturated rings. The second-order valence-electron chi connectivity index (χ2n) is 7.29. The topological polar surface area (TPSA) is 69.6 Å². The number of piperazine rings is 1. The highest BCUT2D eigenvalue weighted by Gasteiger charge is 2.26. The van der Waals surface area contributed by atoms with E-state index in [0.717, 1.165) is 44.6 Å². The van der Waals surface area contributed by atoms with Crippen LogP contribution in [0.2, 0.25) is 0 Å². The average molecular weight is 438 g/mol. The molecule has 1 aliphatic heterocycles. The zero-order chi connectivity index (χ0) is 21.0. The first-order valence-electron chi connectivity index (χ1n) is 9.98. The Kier molecular flexibility index (Phi) is 6.97. The van der Waals surface area contributed by atoms with Crippen molar-refractivity contribution in [3.8, 4) is 0 Å². The van der Waals surface area contributed by atoms with Crippen LogP contribution in [0.1, 0.15) is 32.8 Å². The van der Waals surface area contributed by atoms with Crippen molar-refractivity contribution in [1.82, 2.24) is 14.9 Å². The Labute approximate surface area is 178 Å². The van der Waals surface area contributed by atoms with Crippen LogP contribution in [-0.4, -0.2) is 55.5 Å². The van der Waals surface area contributed by atoms with Crippen LogP contribution in [0, 0.1) is 0 Å². The summed E-state index contributed by atoms with van der Waals surface area (Å²) in [5.41, 5.74) is 1.28. The summed E-state index contributed by atoms with van der Waals surface area (Å²) in [5, 5.41) is 0. The molecule has 0 radical (unpaired) electrons. The highest BCUT2D eigenvalue weighted by molar-refractivity contribution is 7.94. The number of nitrogens with zero attached hydrogens (tertiary/aromatic N) is 5. The maximum atomic E-state index is 12.8. The van der Waals surface area contributed by atoms with Crippen molar-refractivity contribution in [2.24, 2.45) is 0 Å². The molecule has 1 atom stereocenters. The van der Waals surface area contributed by atoms with Crippen molar-refractivity contribution in [2.45, 2.75) is 44.6 Å². The summed E-state index contributed by atoms with van der Waals surface area (Å²) in [7, 11) is -3.88. The Morgan fingerprint density at radius 2 is 1.79 bits per heavy atom. The number of rotatable bonds is 7. The Balaban J connectivity index is 1.72. The van der Waals surface area contributed by atoms with Crippen LogP contribution in [0.15, 0.2) is 41.6 Å². The smallest absolute Gasteiger partial charge is 0.278 e. The molecular weight excluding hydrogens is 410 g/mol. The molecule has 1 aliphatic rings. The monoisotopic (exact) mass is 437 g/mol. The molecule has 2 heterocycles. The average Bonchev–Trinajstić information content (AvgIpc) is 2.75. The highest BCUT2D eigenvalue weighted by atomic mass is 35.5. The molecule has 1 aromatic heterocycles. The fraction of sp³-hybridized carbons (Fsp3) is 0.500. The largest absolute Gasteiger partial charge is 0.338 e. The van der Waals surface area contributed by atoms with Gasteiger partial charge in [-0.05, 0) is 44.0 Å². The summed E-state index contributed by atoms with van der Waals surface area (Å²) in [6.45, 7) is 10.1. The molecule has 0 unspecified atom stereocenters. The van der Waals surface area contributed by atoms with Gasteiger partial charge in [0.15, 0.2) is 0 Å². The maximum Gasteiger partial charge on any atom is 0.278 e. The van der Waals surface area contributed by atoms with E-state index in [9.17, 15) is 8.42 Å². The van der Waals surface area contributed by atoms with Crippen LogP contribution >= 0.6 is 11.8 Å². The Morgan fingerprint density at radius 1 is 1.14 bits per heavy atom. The van der Waals surface area contributed by atoms with Crippen molar-refractivity contribution in [1.29, 1.82) is 0 Å². The fourth-order valence-corrected chi connectivity index (χ4v) is 4.86. The van der Waals surface area contributed by atoms with Crippen LogP contribution in [-0.2, 0) is 16.4 Å². The lowest BCUT2D eigenvalue weighted by atomic mass is 10.2. The third kappa shape index (κ3) is 4.82. The van der Waals surface area contributed by atoms with Gasteiger partial charge >= 0.3 is 0 Å². The van der Waals surface area contributed by atoms with Gasteiger partial charge in [0.25, 0.3) is 10.0 Å². The minimum Gasteiger partial charge on any atom is -0.338 e. The zero-order valence-corrected chi connectivity index (χ0v) is 18.7. The van der Waals surface area contributed by atoms with Crippen LogP contribution in [0.5, 0.6) is 0 Å². The van der Waals surface area contributed by atoms with Gasteiger partial charge in [0.05, 0.1) is 17.3 Å². The molecule has 0 N–H and O–H groups in total. The fourth-order valence-electron chi connectivity index (χ4n) is 3.49. The van der Waals surface area contributed by atoms with Gasteiger partial charge in [-0.2, -0.15) is 12.2 Å². The van der Waals surface area contributed by atoms with Crippen LogP contribution in [0.3, 0.4) is 0 Å². The third-order valence-electron chi connectivity index (χ3n) is 5.23. The van der Waals surface area contributed by atoms with Gasteiger partial charge in [-0.1, -0.05) is 26.0 Å². The van der Waals surface area contributed by atoms with E-state index in [4.69, 9.17) is 11.8 Å². The lowest BCUT2D eigenvalue weighted by Gasteiger charge is -2.39. The van der Waals surface area contributed by atoms with E-state index in [2.05, 4.69) is 33.6 Å². The number of hydrogen-bond acceptors (Lipinski definition) is 6. The summed E-state index contributed by atoms with van der Waals surface area (Å²) in [6.07, 6.45) is 4.88. The van der Waals surface area contributed by atoms with Crippen molar-refractivity contribution in [3.05, 3.63) is 42.2 Å². The standard InChI is InChI=1S/C20H28ClN5O2S/c1-4-10-24-11-12-25(15-16(24)3)20-22-13-18(14-23-20)26(21)29(27,28)19-8-6-17(5-2)7-9-19/h6-9,13-14,16H,4-5,10-12,15H2,1-3H3/t16-/m0/s1. The summed E-state index contributed by atoms with van der Waals surface area (Å²) in [6, 6.07) is 7.13. The second-order valence-corrected chi connectivity index (χ2v) is 9.61.